The second kappa shape index (κ2) is 5.63. The molecule has 0 fully saturated rings. The van der Waals surface area contributed by atoms with Crippen LogP contribution < -0.4 is 5.73 Å². The van der Waals surface area contributed by atoms with Crippen LogP contribution in [0.15, 0.2) is 47.2 Å². The maximum Gasteiger partial charge on any atom is 0.124 e. The summed E-state index contributed by atoms with van der Waals surface area (Å²) in [6.07, 6.45) is 3.17. The lowest BCUT2D eigenvalue weighted by atomic mass is 10.0. The molecule has 0 spiro atoms. The van der Waals surface area contributed by atoms with Gasteiger partial charge in [0.25, 0.3) is 0 Å². The van der Waals surface area contributed by atoms with Crippen LogP contribution in [-0.2, 0) is 0 Å². The first-order chi connectivity index (χ1) is 9.13. The lowest BCUT2D eigenvalue weighted by Crippen LogP contribution is -2.02. The second-order valence-electron chi connectivity index (χ2n) is 3.77. The van der Waals surface area contributed by atoms with Crippen LogP contribution in [0.5, 0.6) is 0 Å². The average molecular weight is 318 g/mol. The monoisotopic (exact) mass is 317 g/mol. The van der Waals surface area contributed by atoms with Crippen molar-refractivity contribution in [2.75, 3.05) is 0 Å². The first-order valence-electron chi connectivity index (χ1n) is 5.39. The van der Waals surface area contributed by atoms with Gasteiger partial charge in [-0.15, -0.1) is 0 Å². The van der Waals surface area contributed by atoms with E-state index in [9.17, 15) is 9.65 Å². The summed E-state index contributed by atoms with van der Waals surface area (Å²) in [5, 5.41) is 9.25. The number of hydrogen-bond acceptors (Lipinski definition) is 3. The molecule has 0 amide bonds. The number of nitriles is 1. The summed E-state index contributed by atoms with van der Waals surface area (Å²) in [6, 6.07) is 9.66. The zero-order valence-electron chi connectivity index (χ0n) is 9.77. The third-order valence-electron chi connectivity index (χ3n) is 2.55. The van der Waals surface area contributed by atoms with Gasteiger partial charge in [0, 0.05) is 28.0 Å². The molecule has 0 unspecified atom stereocenters. The van der Waals surface area contributed by atoms with Gasteiger partial charge in [0.15, 0.2) is 0 Å². The molecule has 0 saturated carbocycles. The quantitative estimate of drug-likeness (QED) is 0.864. The minimum absolute atomic E-state index is 0.280. The summed E-state index contributed by atoms with van der Waals surface area (Å²) in [5.74, 6) is -0.372. The highest BCUT2D eigenvalue weighted by Crippen LogP contribution is 2.27. The first kappa shape index (κ1) is 13.2. The molecule has 0 aliphatic carbocycles. The Labute approximate surface area is 118 Å². The summed E-state index contributed by atoms with van der Waals surface area (Å²) >= 11 is 3.24. The van der Waals surface area contributed by atoms with Gasteiger partial charge in [-0.1, -0.05) is 6.07 Å². The number of hydrogen-bond donors (Lipinski definition) is 1. The summed E-state index contributed by atoms with van der Waals surface area (Å²) in [5.41, 5.74) is 7.79. The van der Waals surface area contributed by atoms with E-state index in [2.05, 4.69) is 27.0 Å². The minimum Gasteiger partial charge on any atom is -0.397 e. The molecule has 3 nitrogen and oxygen atoms in total. The molecule has 1 heterocycles. The molecule has 2 N–H and O–H groups in total. The van der Waals surface area contributed by atoms with Crippen molar-refractivity contribution in [3.8, 4) is 6.07 Å². The van der Waals surface area contributed by atoms with Crippen LogP contribution in [-0.4, -0.2) is 4.98 Å². The third kappa shape index (κ3) is 2.80. The van der Waals surface area contributed by atoms with Crippen molar-refractivity contribution >= 4 is 27.2 Å². The minimum atomic E-state index is -0.372. The Hall–Kier alpha value is -2.19. The van der Waals surface area contributed by atoms with Crippen molar-refractivity contribution in [3.63, 3.8) is 0 Å². The average Bonchev–Trinajstić information content (AvgIpc) is 2.40. The van der Waals surface area contributed by atoms with E-state index >= 15 is 0 Å². The largest absolute Gasteiger partial charge is 0.397 e. The zero-order chi connectivity index (χ0) is 13.8. The van der Waals surface area contributed by atoms with E-state index in [4.69, 9.17) is 5.73 Å². The fourth-order valence-corrected chi connectivity index (χ4v) is 2.20. The Morgan fingerprint density at radius 1 is 1.37 bits per heavy atom. The van der Waals surface area contributed by atoms with Gasteiger partial charge in [-0.25, -0.2) is 4.39 Å². The van der Waals surface area contributed by atoms with Gasteiger partial charge in [-0.05, 0) is 40.2 Å². The van der Waals surface area contributed by atoms with Crippen molar-refractivity contribution in [2.24, 2.45) is 5.73 Å². The van der Waals surface area contributed by atoms with Gasteiger partial charge < -0.3 is 5.73 Å². The number of nitrogens with zero attached hydrogens (tertiary/aromatic N) is 2. The van der Waals surface area contributed by atoms with Crippen LogP contribution in [0.3, 0.4) is 0 Å². The van der Waals surface area contributed by atoms with E-state index in [-0.39, 0.29) is 11.5 Å². The molecule has 2 rings (SSSR count). The first-order valence-corrected chi connectivity index (χ1v) is 6.18. The van der Waals surface area contributed by atoms with E-state index in [1.54, 1.807) is 24.5 Å². The van der Waals surface area contributed by atoms with E-state index in [1.807, 2.05) is 0 Å². The summed E-state index contributed by atoms with van der Waals surface area (Å²) in [7, 11) is 0. The Morgan fingerprint density at radius 2 is 2.16 bits per heavy atom. The summed E-state index contributed by atoms with van der Waals surface area (Å²) in [4.78, 5) is 3.95. The van der Waals surface area contributed by atoms with Crippen LogP contribution in [0, 0.1) is 17.1 Å². The normalized spacial score (nSPS) is 11.6. The maximum atomic E-state index is 13.1. The number of benzene rings is 1. The smallest absolute Gasteiger partial charge is 0.124 e. The van der Waals surface area contributed by atoms with E-state index in [0.717, 1.165) is 0 Å². The molecule has 1 aromatic heterocycles. The van der Waals surface area contributed by atoms with Gasteiger partial charge >= 0.3 is 0 Å². The Kier molecular flexibility index (Phi) is 3.93. The van der Waals surface area contributed by atoms with Crippen LogP contribution in [0.2, 0.25) is 0 Å². The predicted molar refractivity (Wildman–Crippen MR) is 75.0 cm³/mol. The molecule has 2 aromatic rings. The predicted octanol–water partition coefficient (Wildman–Crippen LogP) is 3.33. The molecule has 1 aromatic carbocycles. The van der Waals surface area contributed by atoms with Crippen molar-refractivity contribution in [1.82, 2.24) is 4.98 Å². The SMILES string of the molecule is N#C/C(=C(/N)c1ccc(F)cc1Br)c1cccnc1. The van der Waals surface area contributed by atoms with Crippen molar-refractivity contribution in [2.45, 2.75) is 0 Å². The van der Waals surface area contributed by atoms with Crippen molar-refractivity contribution < 1.29 is 4.39 Å². The fourth-order valence-electron chi connectivity index (χ4n) is 1.63. The number of halogens is 2. The molecule has 5 heteroatoms. The molecule has 0 radical (unpaired) electrons. The number of aromatic nitrogens is 1. The Bertz CT molecular complexity index is 675. The van der Waals surface area contributed by atoms with Crippen LogP contribution in [0.25, 0.3) is 11.3 Å². The highest BCUT2D eigenvalue weighted by Gasteiger charge is 2.11. The lowest BCUT2D eigenvalue weighted by molar-refractivity contribution is 0.627. The fraction of sp³-hybridized carbons (Fsp3) is 0. The van der Waals surface area contributed by atoms with Gasteiger partial charge in [-0.3, -0.25) is 4.98 Å². The third-order valence-corrected chi connectivity index (χ3v) is 3.21. The Morgan fingerprint density at radius 3 is 2.74 bits per heavy atom. The van der Waals surface area contributed by atoms with Crippen LogP contribution in [0.4, 0.5) is 4.39 Å². The highest BCUT2D eigenvalue weighted by molar-refractivity contribution is 9.10. The molecule has 0 bridgehead atoms. The van der Waals surface area contributed by atoms with Crippen LogP contribution >= 0.6 is 15.9 Å². The molecule has 0 aliphatic heterocycles. The maximum absolute atomic E-state index is 13.1. The summed E-state index contributed by atoms with van der Waals surface area (Å²) in [6.45, 7) is 0. The van der Waals surface area contributed by atoms with Gasteiger partial charge in [0.1, 0.15) is 11.9 Å². The number of pyridine rings is 1. The van der Waals surface area contributed by atoms with Gasteiger partial charge in [-0.2, -0.15) is 5.26 Å². The molecule has 19 heavy (non-hydrogen) atoms. The van der Waals surface area contributed by atoms with Crippen molar-refractivity contribution in [1.29, 1.82) is 5.26 Å². The van der Waals surface area contributed by atoms with E-state index in [0.29, 0.717) is 21.2 Å². The van der Waals surface area contributed by atoms with E-state index < -0.39 is 0 Å². The highest BCUT2D eigenvalue weighted by atomic mass is 79.9. The standard InChI is InChI=1S/C14H9BrFN3/c15-13-6-10(16)3-4-11(13)14(18)12(7-17)9-2-1-5-19-8-9/h1-6,8H,18H2/b14-12-. The number of rotatable bonds is 2. The molecule has 0 saturated heterocycles. The van der Waals surface area contributed by atoms with Crippen LogP contribution in [0.1, 0.15) is 11.1 Å². The second-order valence-corrected chi connectivity index (χ2v) is 4.62. The van der Waals surface area contributed by atoms with Gasteiger partial charge in [0.2, 0.25) is 0 Å². The summed E-state index contributed by atoms with van der Waals surface area (Å²) < 4.78 is 13.6. The number of nitrogens with two attached hydrogens (primary N) is 1. The molecular formula is C14H9BrFN3. The zero-order valence-corrected chi connectivity index (χ0v) is 11.4. The van der Waals surface area contributed by atoms with Crippen molar-refractivity contribution in [3.05, 3.63) is 64.1 Å². The molecule has 0 atom stereocenters. The molecule has 94 valence electrons. The Balaban J connectivity index is 2.59. The van der Waals surface area contributed by atoms with E-state index in [1.165, 1.54) is 18.2 Å². The van der Waals surface area contributed by atoms with Gasteiger partial charge in [0.05, 0.1) is 11.3 Å². The number of allylic oxidation sites excluding steroid dienone is 1. The molecular weight excluding hydrogens is 309 g/mol. The topological polar surface area (TPSA) is 62.7 Å². The molecule has 0 aliphatic rings. The lowest BCUT2D eigenvalue weighted by Gasteiger charge is -2.08.